The van der Waals surface area contributed by atoms with Gasteiger partial charge in [0.05, 0.1) is 6.04 Å². The molecule has 0 heterocycles. The summed E-state index contributed by atoms with van der Waals surface area (Å²) in [6, 6.07) is -0.454. The van der Waals surface area contributed by atoms with Gasteiger partial charge in [0.25, 0.3) is 0 Å². The Morgan fingerprint density at radius 2 is 1.89 bits per heavy atom. The van der Waals surface area contributed by atoms with E-state index in [1.54, 1.807) is 0 Å². The molecule has 0 aliphatic heterocycles. The van der Waals surface area contributed by atoms with Gasteiger partial charge in [-0.1, -0.05) is 27.2 Å². The number of nitrogens with two attached hydrogens (primary N) is 1. The first-order valence-corrected chi connectivity index (χ1v) is 6.63. The Kier molecular flexibility index (Phi) is 8.37. The van der Waals surface area contributed by atoms with Gasteiger partial charge < -0.3 is 16.2 Å². The van der Waals surface area contributed by atoms with Crippen molar-refractivity contribution in [3.05, 3.63) is 0 Å². The van der Waals surface area contributed by atoms with Crippen molar-refractivity contribution in [3.63, 3.8) is 0 Å². The summed E-state index contributed by atoms with van der Waals surface area (Å²) in [7, 11) is 0. The van der Waals surface area contributed by atoms with Gasteiger partial charge in [0.15, 0.2) is 0 Å². The minimum atomic E-state index is -0.773. The number of carbonyl (C=O) groups excluding carboxylic acids is 1. The smallest absolute Gasteiger partial charge is 0.303 e. The number of aliphatic carboxylic acids is 1. The fourth-order valence-corrected chi connectivity index (χ4v) is 1.59. The molecule has 0 rings (SSSR count). The Bertz CT molecular complexity index is 269. The molecule has 0 spiro atoms. The maximum atomic E-state index is 11.7. The van der Waals surface area contributed by atoms with Crippen molar-refractivity contribution in [2.75, 3.05) is 6.54 Å². The van der Waals surface area contributed by atoms with Gasteiger partial charge in [0.2, 0.25) is 5.91 Å². The van der Waals surface area contributed by atoms with Crippen LogP contribution in [-0.4, -0.2) is 29.6 Å². The molecule has 3 atom stereocenters. The summed E-state index contributed by atoms with van der Waals surface area (Å²) in [5, 5.41) is 11.4. The number of amides is 1. The van der Waals surface area contributed by atoms with Crippen molar-refractivity contribution in [1.29, 1.82) is 0 Å². The maximum absolute atomic E-state index is 11.7. The van der Waals surface area contributed by atoms with Crippen LogP contribution in [0.4, 0.5) is 0 Å². The van der Waals surface area contributed by atoms with E-state index in [0.29, 0.717) is 18.9 Å². The van der Waals surface area contributed by atoms with Crippen molar-refractivity contribution in [2.24, 2.45) is 17.6 Å². The van der Waals surface area contributed by atoms with Crippen molar-refractivity contribution in [3.8, 4) is 0 Å². The number of nitrogens with one attached hydrogen (secondary N) is 1. The second-order valence-electron chi connectivity index (χ2n) is 5.03. The Labute approximate surface area is 109 Å². The zero-order chi connectivity index (χ0) is 14.1. The van der Waals surface area contributed by atoms with Crippen LogP contribution in [0.25, 0.3) is 0 Å². The summed E-state index contributed by atoms with van der Waals surface area (Å²) < 4.78 is 0. The molecule has 0 bridgehead atoms. The molecule has 0 fully saturated rings. The quantitative estimate of drug-likeness (QED) is 0.582. The predicted molar refractivity (Wildman–Crippen MR) is 71.1 cm³/mol. The molecule has 4 N–H and O–H groups in total. The SMILES string of the molecule is CCC(C)[C@H](N)C(=O)NCCC(C)CCC(=O)O. The van der Waals surface area contributed by atoms with Gasteiger partial charge in [-0.2, -0.15) is 0 Å². The van der Waals surface area contributed by atoms with E-state index in [2.05, 4.69) is 5.32 Å². The third-order valence-electron chi connectivity index (χ3n) is 3.35. The predicted octanol–water partition coefficient (Wildman–Crippen LogP) is 1.37. The molecular formula is C13H26N2O3. The van der Waals surface area contributed by atoms with Crippen molar-refractivity contribution >= 4 is 11.9 Å². The monoisotopic (exact) mass is 258 g/mol. The van der Waals surface area contributed by atoms with Crippen LogP contribution in [0.1, 0.15) is 46.5 Å². The van der Waals surface area contributed by atoms with E-state index < -0.39 is 12.0 Å². The molecule has 1 amide bonds. The van der Waals surface area contributed by atoms with E-state index in [0.717, 1.165) is 12.8 Å². The molecule has 2 unspecified atom stereocenters. The number of hydrogen-bond acceptors (Lipinski definition) is 3. The summed E-state index contributed by atoms with van der Waals surface area (Å²) in [5.74, 6) is -0.421. The lowest BCUT2D eigenvalue weighted by atomic mass is 9.99. The average molecular weight is 258 g/mol. The maximum Gasteiger partial charge on any atom is 0.303 e. The molecule has 0 aliphatic rings. The Hall–Kier alpha value is -1.10. The van der Waals surface area contributed by atoms with Crippen molar-refractivity contribution in [1.82, 2.24) is 5.32 Å². The van der Waals surface area contributed by atoms with Gasteiger partial charge in [-0.3, -0.25) is 9.59 Å². The van der Waals surface area contributed by atoms with Crippen molar-refractivity contribution < 1.29 is 14.7 Å². The molecule has 0 radical (unpaired) electrons. The third-order valence-corrected chi connectivity index (χ3v) is 3.35. The van der Waals surface area contributed by atoms with Gasteiger partial charge in [-0.25, -0.2) is 0 Å². The van der Waals surface area contributed by atoms with Crippen LogP contribution in [0.5, 0.6) is 0 Å². The molecule has 5 heteroatoms. The molecule has 5 nitrogen and oxygen atoms in total. The first kappa shape index (κ1) is 16.9. The van der Waals surface area contributed by atoms with Gasteiger partial charge in [-0.05, 0) is 24.7 Å². The highest BCUT2D eigenvalue weighted by Crippen LogP contribution is 2.09. The molecular weight excluding hydrogens is 232 g/mol. The van der Waals surface area contributed by atoms with Crippen LogP contribution in [0.2, 0.25) is 0 Å². The fraction of sp³-hybridized carbons (Fsp3) is 0.846. The Balaban J connectivity index is 3.76. The van der Waals surface area contributed by atoms with Crippen LogP contribution in [0.3, 0.4) is 0 Å². The Morgan fingerprint density at radius 1 is 1.28 bits per heavy atom. The normalized spacial score (nSPS) is 15.8. The van der Waals surface area contributed by atoms with E-state index in [1.165, 1.54) is 0 Å². The van der Waals surface area contributed by atoms with E-state index >= 15 is 0 Å². The molecule has 106 valence electrons. The summed E-state index contributed by atoms with van der Waals surface area (Å²) in [5.41, 5.74) is 5.80. The third kappa shape index (κ3) is 7.27. The molecule has 0 aromatic carbocycles. The highest BCUT2D eigenvalue weighted by atomic mass is 16.4. The van der Waals surface area contributed by atoms with E-state index in [4.69, 9.17) is 10.8 Å². The highest BCUT2D eigenvalue weighted by molar-refractivity contribution is 5.81. The lowest BCUT2D eigenvalue weighted by Crippen LogP contribution is -2.45. The molecule has 0 aromatic rings. The number of carbonyl (C=O) groups is 2. The topological polar surface area (TPSA) is 92.4 Å². The summed E-state index contributed by atoms with van der Waals surface area (Å²) >= 11 is 0. The minimum Gasteiger partial charge on any atom is -0.481 e. The van der Waals surface area contributed by atoms with Crippen LogP contribution < -0.4 is 11.1 Å². The van der Waals surface area contributed by atoms with Gasteiger partial charge in [-0.15, -0.1) is 0 Å². The van der Waals surface area contributed by atoms with Crippen LogP contribution >= 0.6 is 0 Å². The van der Waals surface area contributed by atoms with Crippen LogP contribution in [0, 0.1) is 11.8 Å². The fourth-order valence-electron chi connectivity index (χ4n) is 1.59. The molecule has 0 saturated carbocycles. The second-order valence-corrected chi connectivity index (χ2v) is 5.03. The molecule has 0 aromatic heterocycles. The Morgan fingerprint density at radius 3 is 2.39 bits per heavy atom. The largest absolute Gasteiger partial charge is 0.481 e. The lowest BCUT2D eigenvalue weighted by molar-refractivity contribution is -0.137. The number of hydrogen-bond donors (Lipinski definition) is 3. The second kappa shape index (κ2) is 8.91. The summed E-state index contributed by atoms with van der Waals surface area (Å²) in [4.78, 5) is 22.1. The standard InChI is InChI=1S/C13H26N2O3/c1-4-10(3)12(14)13(18)15-8-7-9(2)5-6-11(16)17/h9-10,12H,4-8,14H2,1-3H3,(H,15,18)(H,16,17)/t9?,10?,12-/m0/s1. The van der Waals surface area contributed by atoms with Gasteiger partial charge in [0, 0.05) is 13.0 Å². The number of carboxylic acids is 1. The number of carboxylic acid groups (broad SMARTS) is 1. The van der Waals surface area contributed by atoms with Gasteiger partial charge in [0.1, 0.15) is 0 Å². The van der Waals surface area contributed by atoms with E-state index in [9.17, 15) is 9.59 Å². The van der Waals surface area contributed by atoms with Gasteiger partial charge >= 0.3 is 5.97 Å². The molecule has 0 saturated heterocycles. The zero-order valence-electron chi connectivity index (χ0n) is 11.6. The van der Waals surface area contributed by atoms with E-state index in [1.807, 2.05) is 20.8 Å². The van der Waals surface area contributed by atoms with E-state index in [-0.39, 0.29) is 18.2 Å². The molecule has 0 aliphatic carbocycles. The molecule has 18 heavy (non-hydrogen) atoms. The average Bonchev–Trinajstić information content (AvgIpc) is 2.34. The summed E-state index contributed by atoms with van der Waals surface area (Å²) in [6.07, 6.45) is 2.49. The number of rotatable bonds is 9. The van der Waals surface area contributed by atoms with Crippen LogP contribution in [0.15, 0.2) is 0 Å². The first-order chi connectivity index (χ1) is 8.38. The van der Waals surface area contributed by atoms with Crippen molar-refractivity contribution in [2.45, 2.75) is 52.5 Å². The lowest BCUT2D eigenvalue weighted by Gasteiger charge is -2.18. The minimum absolute atomic E-state index is 0.116. The highest BCUT2D eigenvalue weighted by Gasteiger charge is 2.18. The van der Waals surface area contributed by atoms with Crippen LogP contribution in [-0.2, 0) is 9.59 Å². The zero-order valence-corrected chi connectivity index (χ0v) is 11.6. The summed E-state index contributed by atoms with van der Waals surface area (Å²) in [6.45, 7) is 6.51. The first-order valence-electron chi connectivity index (χ1n) is 6.63.